The molecule has 3 heteroatoms. The Bertz CT molecular complexity index is 509. The molecule has 0 spiro atoms. The highest BCUT2D eigenvalue weighted by Crippen LogP contribution is 2.33. The molecule has 0 atom stereocenters. The zero-order valence-corrected chi connectivity index (χ0v) is 8.77. The van der Waals surface area contributed by atoms with Gasteiger partial charge in [0, 0.05) is 0 Å². The van der Waals surface area contributed by atoms with Crippen LogP contribution in [0.5, 0.6) is 17.2 Å². The Morgan fingerprint density at radius 3 is 2.44 bits per heavy atom. The highest BCUT2D eigenvalue weighted by Gasteiger charge is 2.08. The Morgan fingerprint density at radius 2 is 1.69 bits per heavy atom. The van der Waals surface area contributed by atoms with Crippen LogP contribution in [0.15, 0.2) is 42.5 Å². The van der Waals surface area contributed by atoms with Gasteiger partial charge in [0.1, 0.15) is 0 Å². The van der Waals surface area contributed by atoms with Crippen molar-refractivity contribution in [2.75, 3.05) is 0 Å². The van der Waals surface area contributed by atoms with Crippen LogP contribution in [0, 0.1) is 12.7 Å². The molecule has 16 heavy (non-hydrogen) atoms. The van der Waals surface area contributed by atoms with Gasteiger partial charge in [0.05, 0.1) is 0 Å². The van der Waals surface area contributed by atoms with Crippen LogP contribution in [-0.2, 0) is 0 Å². The highest BCUT2D eigenvalue weighted by molar-refractivity contribution is 5.46. The van der Waals surface area contributed by atoms with E-state index >= 15 is 0 Å². The largest absolute Gasteiger partial charge is 0.504 e. The first-order valence-corrected chi connectivity index (χ1v) is 4.89. The van der Waals surface area contributed by atoms with Crippen molar-refractivity contribution in [2.24, 2.45) is 0 Å². The molecule has 0 heterocycles. The van der Waals surface area contributed by atoms with Crippen LogP contribution in [0.3, 0.4) is 0 Å². The summed E-state index contributed by atoms with van der Waals surface area (Å²) in [5.41, 5.74) is 0.689. The molecule has 0 aliphatic rings. The van der Waals surface area contributed by atoms with Crippen LogP contribution in [0.2, 0.25) is 0 Å². The first kappa shape index (κ1) is 10.5. The summed E-state index contributed by atoms with van der Waals surface area (Å²) >= 11 is 0. The molecular weight excluding hydrogens is 207 g/mol. The number of aromatic hydroxyl groups is 1. The van der Waals surface area contributed by atoms with Gasteiger partial charge in [-0.3, -0.25) is 0 Å². The minimum Gasteiger partial charge on any atom is -0.504 e. The van der Waals surface area contributed by atoms with Crippen LogP contribution < -0.4 is 4.74 Å². The number of rotatable bonds is 2. The molecule has 0 saturated carbocycles. The van der Waals surface area contributed by atoms with Gasteiger partial charge in [0.15, 0.2) is 23.1 Å². The Balaban J connectivity index is 2.35. The van der Waals surface area contributed by atoms with Gasteiger partial charge in [0.25, 0.3) is 0 Å². The quantitative estimate of drug-likeness (QED) is 0.833. The van der Waals surface area contributed by atoms with Crippen LogP contribution in [0.4, 0.5) is 4.39 Å². The summed E-state index contributed by atoms with van der Waals surface area (Å²) in [5, 5.41) is 9.70. The number of phenols is 1. The van der Waals surface area contributed by atoms with E-state index in [4.69, 9.17) is 4.74 Å². The summed E-state index contributed by atoms with van der Waals surface area (Å²) in [4.78, 5) is 0. The fourth-order valence-corrected chi connectivity index (χ4v) is 1.36. The maximum atomic E-state index is 13.3. The number of halogens is 1. The number of phenolic OH excluding ortho intramolecular Hbond substituents is 1. The number of para-hydroxylation sites is 2. The van der Waals surface area contributed by atoms with Crippen LogP contribution in [0.25, 0.3) is 0 Å². The Morgan fingerprint density at radius 1 is 1.00 bits per heavy atom. The van der Waals surface area contributed by atoms with E-state index < -0.39 is 5.82 Å². The van der Waals surface area contributed by atoms with E-state index in [1.165, 1.54) is 12.1 Å². The summed E-state index contributed by atoms with van der Waals surface area (Å²) < 4.78 is 18.6. The minimum absolute atomic E-state index is 0.0331. The molecule has 0 aromatic heterocycles. The van der Waals surface area contributed by atoms with Gasteiger partial charge < -0.3 is 9.84 Å². The maximum Gasteiger partial charge on any atom is 0.169 e. The van der Waals surface area contributed by atoms with E-state index in [0.29, 0.717) is 5.56 Å². The summed E-state index contributed by atoms with van der Waals surface area (Å²) in [5.74, 6) is -0.0670. The lowest BCUT2D eigenvalue weighted by Gasteiger charge is -2.09. The van der Waals surface area contributed by atoms with Gasteiger partial charge in [-0.15, -0.1) is 0 Å². The molecule has 2 aromatic carbocycles. The smallest absolute Gasteiger partial charge is 0.169 e. The normalized spacial score (nSPS) is 10.1. The molecule has 0 aliphatic heterocycles. The van der Waals surface area contributed by atoms with Gasteiger partial charge in [-0.1, -0.05) is 24.3 Å². The topological polar surface area (TPSA) is 29.5 Å². The predicted molar refractivity (Wildman–Crippen MR) is 59.3 cm³/mol. The third-order valence-electron chi connectivity index (χ3n) is 2.26. The molecule has 2 aromatic rings. The van der Waals surface area contributed by atoms with Crippen LogP contribution in [0.1, 0.15) is 5.56 Å². The maximum absolute atomic E-state index is 13.3. The lowest BCUT2D eigenvalue weighted by Crippen LogP contribution is -1.89. The molecule has 2 rings (SSSR count). The third-order valence-corrected chi connectivity index (χ3v) is 2.26. The molecule has 82 valence electrons. The summed E-state index contributed by atoms with van der Waals surface area (Å²) in [6.45, 7) is 1.75. The van der Waals surface area contributed by atoms with Crippen molar-refractivity contribution in [3.63, 3.8) is 0 Å². The summed E-state index contributed by atoms with van der Waals surface area (Å²) in [7, 11) is 0. The lowest BCUT2D eigenvalue weighted by molar-refractivity contribution is 0.394. The van der Waals surface area contributed by atoms with Crippen molar-refractivity contribution in [2.45, 2.75) is 6.92 Å². The molecule has 0 fully saturated rings. The second-order valence-corrected chi connectivity index (χ2v) is 3.45. The summed E-state index contributed by atoms with van der Waals surface area (Å²) in [6.07, 6.45) is 0. The third kappa shape index (κ3) is 1.98. The zero-order valence-electron chi connectivity index (χ0n) is 8.77. The summed E-state index contributed by atoms with van der Waals surface area (Å²) in [6, 6.07) is 11.2. The fourth-order valence-electron chi connectivity index (χ4n) is 1.36. The molecule has 0 amide bonds. The molecule has 2 nitrogen and oxygen atoms in total. The molecular formula is C13H11FO2. The highest BCUT2D eigenvalue weighted by atomic mass is 19.1. The average Bonchev–Trinajstić information content (AvgIpc) is 2.28. The predicted octanol–water partition coefficient (Wildman–Crippen LogP) is 3.63. The monoisotopic (exact) mass is 218 g/mol. The van der Waals surface area contributed by atoms with Crippen molar-refractivity contribution < 1.29 is 14.2 Å². The van der Waals surface area contributed by atoms with Gasteiger partial charge in [-0.05, 0) is 30.7 Å². The van der Waals surface area contributed by atoms with Gasteiger partial charge >= 0.3 is 0 Å². The van der Waals surface area contributed by atoms with Gasteiger partial charge in [0.2, 0.25) is 0 Å². The van der Waals surface area contributed by atoms with E-state index in [2.05, 4.69) is 0 Å². The van der Waals surface area contributed by atoms with E-state index in [1.54, 1.807) is 37.3 Å². The van der Waals surface area contributed by atoms with E-state index in [1.807, 2.05) is 0 Å². The SMILES string of the molecule is Cc1cccc(Oc2ccccc2F)c1O. The molecule has 0 aliphatic carbocycles. The number of hydrogen-bond acceptors (Lipinski definition) is 2. The number of hydrogen-bond donors (Lipinski definition) is 1. The number of ether oxygens (including phenoxy) is 1. The Labute approximate surface area is 92.9 Å². The molecule has 0 bridgehead atoms. The zero-order chi connectivity index (χ0) is 11.5. The standard InChI is InChI=1S/C13H11FO2/c1-9-5-4-8-12(13(9)15)16-11-7-3-2-6-10(11)14/h2-8,15H,1H3. The average molecular weight is 218 g/mol. The number of aryl methyl sites for hydroxylation is 1. The van der Waals surface area contributed by atoms with Crippen molar-refractivity contribution in [1.82, 2.24) is 0 Å². The van der Waals surface area contributed by atoms with Crippen molar-refractivity contribution in [3.05, 3.63) is 53.8 Å². The lowest BCUT2D eigenvalue weighted by atomic mass is 10.2. The molecule has 1 N–H and O–H groups in total. The second-order valence-electron chi connectivity index (χ2n) is 3.45. The number of benzene rings is 2. The first-order valence-electron chi connectivity index (χ1n) is 4.89. The molecule has 0 saturated heterocycles. The van der Waals surface area contributed by atoms with E-state index in [9.17, 15) is 9.50 Å². The molecule has 0 radical (unpaired) electrons. The minimum atomic E-state index is -0.455. The van der Waals surface area contributed by atoms with Gasteiger partial charge in [-0.25, -0.2) is 4.39 Å². The van der Waals surface area contributed by atoms with Crippen LogP contribution >= 0.6 is 0 Å². The van der Waals surface area contributed by atoms with Crippen LogP contribution in [-0.4, -0.2) is 5.11 Å². The molecule has 0 unspecified atom stereocenters. The van der Waals surface area contributed by atoms with Crippen molar-refractivity contribution in [3.8, 4) is 17.2 Å². The fraction of sp³-hybridized carbons (Fsp3) is 0.0769. The Kier molecular flexibility index (Phi) is 2.77. The first-order chi connectivity index (χ1) is 7.68. The van der Waals surface area contributed by atoms with Gasteiger partial charge in [-0.2, -0.15) is 0 Å². The van der Waals surface area contributed by atoms with Crippen molar-refractivity contribution >= 4 is 0 Å². The van der Waals surface area contributed by atoms with Crippen molar-refractivity contribution in [1.29, 1.82) is 0 Å². The Hall–Kier alpha value is -2.03. The van der Waals surface area contributed by atoms with E-state index in [-0.39, 0.29) is 17.2 Å². The second kappa shape index (κ2) is 4.23. The van der Waals surface area contributed by atoms with E-state index in [0.717, 1.165) is 0 Å².